The van der Waals surface area contributed by atoms with Crippen LogP contribution in [0.4, 0.5) is 13.2 Å². The van der Waals surface area contributed by atoms with Gasteiger partial charge in [0.2, 0.25) is 5.60 Å². The van der Waals surface area contributed by atoms with E-state index < -0.39 is 35.2 Å². The summed E-state index contributed by atoms with van der Waals surface area (Å²) in [7, 11) is 0. The third-order valence-corrected chi connectivity index (χ3v) is 4.73. The van der Waals surface area contributed by atoms with Crippen LogP contribution in [0.3, 0.4) is 0 Å². The van der Waals surface area contributed by atoms with Gasteiger partial charge in [-0.2, -0.15) is 13.2 Å². The van der Waals surface area contributed by atoms with Crippen molar-refractivity contribution in [2.45, 2.75) is 70.8 Å². The van der Waals surface area contributed by atoms with Crippen LogP contribution in [-0.4, -0.2) is 29.3 Å². The summed E-state index contributed by atoms with van der Waals surface area (Å²) in [5, 5.41) is 0. The summed E-state index contributed by atoms with van der Waals surface area (Å²) in [5.41, 5.74) is -3.31. The Balaban J connectivity index is 2.92. The summed E-state index contributed by atoms with van der Waals surface area (Å²) in [6, 6.07) is 0. The highest BCUT2D eigenvalue weighted by Gasteiger charge is 2.60. The molecule has 1 aliphatic carbocycles. The molecule has 1 aliphatic rings. The van der Waals surface area contributed by atoms with Crippen LogP contribution in [0.15, 0.2) is 24.3 Å². The molecule has 0 aromatic carbocycles. The van der Waals surface area contributed by atoms with Crippen LogP contribution in [0.5, 0.6) is 0 Å². The lowest BCUT2D eigenvalue weighted by molar-refractivity contribution is -0.284. The van der Waals surface area contributed by atoms with Crippen LogP contribution in [-0.2, 0) is 19.1 Å². The zero-order valence-corrected chi connectivity index (χ0v) is 15.1. The van der Waals surface area contributed by atoms with Crippen molar-refractivity contribution in [1.82, 2.24) is 0 Å². The standard InChI is InChI=1S/C18H25F3O4/c1-11(2)14(22)24-16(5)9-7-13(8-10-16)17(6,18(19,20)21)25-15(23)12(3)4/h13H,1,3,7-10H2,2,4-6H3/t13-,16-,17?. The van der Waals surface area contributed by atoms with Gasteiger partial charge < -0.3 is 9.47 Å². The molecule has 0 aliphatic heterocycles. The zero-order valence-electron chi connectivity index (χ0n) is 15.1. The molecule has 142 valence electrons. The highest BCUT2D eigenvalue weighted by atomic mass is 19.4. The highest BCUT2D eigenvalue weighted by Crippen LogP contribution is 2.48. The number of carbonyl (C=O) groups is 2. The molecule has 25 heavy (non-hydrogen) atoms. The summed E-state index contributed by atoms with van der Waals surface area (Å²) >= 11 is 0. The number of ether oxygens (including phenoxy) is 2. The van der Waals surface area contributed by atoms with E-state index in [1.165, 1.54) is 13.8 Å². The molecule has 1 fully saturated rings. The fraction of sp³-hybridized carbons (Fsp3) is 0.667. The van der Waals surface area contributed by atoms with Crippen molar-refractivity contribution in [2.24, 2.45) is 5.92 Å². The smallest absolute Gasteiger partial charge is 0.428 e. The number of rotatable bonds is 5. The summed E-state index contributed by atoms with van der Waals surface area (Å²) in [4.78, 5) is 23.4. The number of hydrogen-bond donors (Lipinski definition) is 0. The lowest BCUT2D eigenvalue weighted by Gasteiger charge is -2.44. The van der Waals surface area contributed by atoms with Crippen molar-refractivity contribution in [3.05, 3.63) is 24.3 Å². The van der Waals surface area contributed by atoms with E-state index in [-0.39, 0.29) is 36.8 Å². The zero-order chi connectivity index (χ0) is 19.6. The van der Waals surface area contributed by atoms with Gasteiger partial charge in [0.25, 0.3) is 0 Å². The maximum absolute atomic E-state index is 13.6. The minimum absolute atomic E-state index is 0.0912. The molecule has 0 heterocycles. The molecule has 0 aromatic rings. The molecule has 0 aromatic heterocycles. The lowest BCUT2D eigenvalue weighted by Crippen LogP contribution is -2.54. The van der Waals surface area contributed by atoms with E-state index in [2.05, 4.69) is 13.2 Å². The molecule has 4 nitrogen and oxygen atoms in total. The van der Waals surface area contributed by atoms with E-state index >= 15 is 0 Å². The number of esters is 2. The SMILES string of the molecule is C=C(C)C(=O)OC(C)([C@H]1CC[C@](C)(OC(=O)C(=C)C)CC1)C(F)(F)F. The van der Waals surface area contributed by atoms with Gasteiger partial charge in [0.15, 0.2) is 0 Å². The fourth-order valence-corrected chi connectivity index (χ4v) is 2.84. The Morgan fingerprint density at radius 2 is 1.48 bits per heavy atom. The van der Waals surface area contributed by atoms with Gasteiger partial charge in [0, 0.05) is 17.1 Å². The predicted octanol–water partition coefficient (Wildman–Crippen LogP) is 4.49. The molecule has 0 saturated heterocycles. The minimum Gasteiger partial charge on any atom is -0.456 e. The van der Waals surface area contributed by atoms with Gasteiger partial charge >= 0.3 is 18.1 Å². The quantitative estimate of drug-likeness (QED) is 0.534. The van der Waals surface area contributed by atoms with Crippen molar-refractivity contribution in [3.8, 4) is 0 Å². The fourth-order valence-electron chi connectivity index (χ4n) is 2.84. The van der Waals surface area contributed by atoms with Gasteiger partial charge in [0.1, 0.15) is 5.60 Å². The first kappa shape index (κ1) is 21.3. The Bertz CT molecular complexity index is 571. The van der Waals surface area contributed by atoms with E-state index in [1.54, 1.807) is 6.92 Å². The van der Waals surface area contributed by atoms with Crippen molar-refractivity contribution in [1.29, 1.82) is 0 Å². The van der Waals surface area contributed by atoms with Crippen LogP contribution >= 0.6 is 0 Å². The van der Waals surface area contributed by atoms with Crippen LogP contribution in [0.2, 0.25) is 0 Å². The first-order valence-electron chi connectivity index (χ1n) is 8.06. The van der Waals surface area contributed by atoms with E-state index in [9.17, 15) is 22.8 Å². The molecule has 1 atom stereocenters. The van der Waals surface area contributed by atoms with Crippen LogP contribution in [0.1, 0.15) is 53.4 Å². The summed E-state index contributed by atoms with van der Waals surface area (Å²) in [5.74, 6) is -2.55. The van der Waals surface area contributed by atoms with Crippen molar-refractivity contribution in [2.75, 3.05) is 0 Å². The molecule has 0 N–H and O–H groups in total. The normalized spacial score (nSPS) is 26.3. The molecule has 0 spiro atoms. The number of carbonyl (C=O) groups excluding carboxylic acids is 2. The van der Waals surface area contributed by atoms with Gasteiger partial charge in [-0.3, -0.25) is 0 Å². The molecular formula is C18H25F3O4. The maximum Gasteiger partial charge on any atom is 0.428 e. The van der Waals surface area contributed by atoms with Crippen LogP contribution in [0, 0.1) is 5.92 Å². The Morgan fingerprint density at radius 1 is 1.04 bits per heavy atom. The van der Waals surface area contributed by atoms with E-state index in [0.717, 1.165) is 6.92 Å². The highest BCUT2D eigenvalue weighted by molar-refractivity contribution is 5.87. The average molecular weight is 362 g/mol. The molecule has 7 heteroatoms. The van der Waals surface area contributed by atoms with Crippen LogP contribution in [0.25, 0.3) is 0 Å². The van der Waals surface area contributed by atoms with Gasteiger partial charge in [-0.25, -0.2) is 9.59 Å². The molecule has 0 amide bonds. The largest absolute Gasteiger partial charge is 0.456 e. The summed E-state index contributed by atoms with van der Waals surface area (Å²) in [6.45, 7) is 12.2. The topological polar surface area (TPSA) is 52.6 Å². The van der Waals surface area contributed by atoms with Crippen molar-refractivity contribution in [3.63, 3.8) is 0 Å². The Hall–Kier alpha value is -1.79. The van der Waals surface area contributed by atoms with Gasteiger partial charge in [0.05, 0.1) is 0 Å². The Kier molecular flexibility index (Phi) is 6.13. The second-order valence-corrected chi connectivity index (χ2v) is 7.17. The predicted molar refractivity (Wildman–Crippen MR) is 86.6 cm³/mol. The van der Waals surface area contributed by atoms with Crippen molar-refractivity contribution < 1.29 is 32.2 Å². The molecule has 1 unspecified atom stereocenters. The number of halogens is 3. The Morgan fingerprint density at radius 3 is 1.84 bits per heavy atom. The lowest BCUT2D eigenvalue weighted by atomic mass is 9.72. The van der Waals surface area contributed by atoms with Gasteiger partial charge in [-0.15, -0.1) is 0 Å². The van der Waals surface area contributed by atoms with Crippen molar-refractivity contribution >= 4 is 11.9 Å². The molecule has 1 saturated carbocycles. The monoisotopic (exact) mass is 362 g/mol. The molecular weight excluding hydrogens is 337 g/mol. The molecule has 1 rings (SSSR count). The third-order valence-electron chi connectivity index (χ3n) is 4.73. The second kappa shape index (κ2) is 7.22. The molecule has 0 bridgehead atoms. The van der Waals surface area contributed by atoms with E-state index in [0.29, 0.717) is 0 Å². The maximum atomic E-state index is 13.6. The average Bonchev–Trinajstić information content (AvgIpc) is 2.45. The first-order chi connectivity index (χ1) is 11.2. The minimum atomic E-state index is -4.72. The third kappa shape index (κ3) is 4.86. The van der Waals surface area contributed by atoms with E-state index in [4.69, 9.17) is 9.47 Å². The van der Waals surface area contributed by atoms with Gasteiger partial charge in [-0.05, 0) is 53.4 Å². The van der Waals surface area contributed by atoms with Gasteiger partial charge in [-0.1, -0.05) is 13.2 Å². The summed E-state index contributed by atoms with van der Waals surface area (Å²) in [6.07, 6.45) is -4.01. The summed E-state index contributed by atoms with van der Waals surface area (Å²) < 4.78 is 51.0. The number of hydrogen-bond acceptors (Lipinski definition) is 4. The molecule has 0 radical (unpaired) electrons. The Labute approximate surface area is 146 Å². The first-order valence-corrected chi connectivity index (χ1v) is 8.06. The second-order valence-electron chi connectivity index (χ2n) is 7.17. The van der Waals surface area contributed by atoms with E-state index in [1.807, 2.05) is 0 Å². The number of alkyl halides is 3. The van der Waals surface area contributed by atoms with Crippen LogP contribution < -0.4 is 0 Å².